The van der Waals surface area contributed by atoms with E-state index < -0.39 is 0 Å². The van der Waals surface area contributed by atoms with Crippen molar-refractivity contribution in [2.24, 2.45) is 0 Å². The molecule has 0 bridgehead atoms. The number of thioether (sulfide) groups is 1. The molecule has 21 heavy (non-hydrogen) atoms. The number of hydrogen-bond donors (Lipinski definition) is 2. The zero-order valence-corrected chi connectivity index (χ0v) is 12.0. The van der Waals surface area contributed by atoms with Crippen LogP contribution in [0.1, 0.15) is 22.1 Å². The van der Waals surface area contributed by atoms with Gasteiger partial charge in [0, 0.05) is 5.56 Å². The number of nitrogens with zero attached hydrogens (tertiary/aromatic N) is 4. The summed E-state index contributed by atoms with van der Waals surface area (Å²) in [5.74, 6) is 1.45. The summed E-state index contributed by atoms with van der Waals surface area (Å²) in [4.78, 5) is 16.2. The lowest BCUT2D eigenvalue weighted by atomic mass is 10.2. The molecule has 0 radical (unpaired) electrons. The van der Waals surface area contributed by atoms with Gasteiger partial charge in [0.1, 0.15) is 11.0 Å². The van der Waals surface area contributed by atoms with Crippen LogP contribution in [0.3, 0.4) is 0 Å². The molecule has 3 aromatic rings. The average Bonchev–Trinajstić information content (AvgIpc) is 3.13. The summed E-state index contributed by atoms with van der Waals surface area (Å²) in [5, 5.41) is 16.9. The van der Waals surface area contributed by atoms with Crippen molar-refractivity contribution < 1.29 is 9.32 Å². The summed E-state index contributed by atoms with van der Waals surface area (Å²) in [7, 11) is 0. The third kappa shape index (κ3) is 3.02. The minimum Gasteiger partial charge on any atom is -0.343 e. The molecule has 0 atom stereocenters. The molecule has 0 fully saturated rings. The van der Waals surface area contributed by atoms with Crippen molar-refractivity contribution in [2.75, 3.05) is 6.26 Å². The van der Waals surface area contributed by atoms with Crippen LogP contribution in [0.4, 0.5) is 0 Å². The summed E-state index contributed by atoms with van der Waals surface area (Å²) in [5.41, 5.74) is 1.85. The second-order valence-electron chi connectivity index (χ2n) is 4.25. The van der Waals surface area contributed by atoms with Crippen molar-refractivity contribution in [3.63, 3.8) is 0 Å². The van der Waals surface area contributed by atoms with Gasteiger partial charge in [-0.3, -0.25) is 4.79 Å². The molecule has 3 rings (SSSR count). The van der Waals surface area contributed by atoms with Gasteiger partial charge in [0.2, 0.25) is 5.89 Å². The van der Waals surface area contributed by atoms with Crippen molar-refractivity contribution in [1.82, 2.24) is 30.9 Å². The number of carbonyl (C=O) groups is 1. The van der Waals surface area contributed by atoms with E-state index in [9.17, 15) is 4.79 Å². The molecular formula is C12H12N6O2S. The van der Waals surface area contributed by atoms with Crippen LogP contribution in [0.15, 0.2) is 22.7 Å². The molecule has 0 saturated heterocycles. The van der Waals surface area contributed by atoms with Crippen LogP contribution in [-0.2, 0) is 12.3 Å². The number of benzene rings is 1. The molecule has 9 heteroatoms. The first kappa shape index (κ1) is 13.6. The minimum atomic E-state index is -0.232. The second-order valence-corrected chi connectivity index (χ2v) is 5.11. The van der Waals surface area contributed by atoms with Gasteiger partial charge in [-0.25, -0.2) is 0 Å². The number of fused-ring (bicyclic) bond motifs is 1. The van der Waals surface area contributed by atoms with Crippen LogP contribution in [0.5, 0.6) is 0 Å². The highest BCUT2D eigenvalue weighted by molar-refractivity contribution is 7.97. The van der Waals surface area contributed by atoms with E-state index in [-0.39, 0.29) is 12.5 Å². The van der Waals surface area contributed by atoms with Crippen molar-refractivity contribution in [2.45, 2.75) is 12.3 Å². The van der Waals surface area contributed by atoms with E-state index in [2.05, 4.69) is 30.9 Å². The third-order valence-corrected chi connectivity index (χ3v) is 3.31. The van der Waals surface area contributed by atoms with Crippen LogP contribution in [-0.4, -0.2) is 37.7 Å². The number of carbonyl (C=O) groups excluding carboxylic acids is 1. The summed E-state index contributed by atoms with van der Waals surface area (Å²) < 4.78 is 5.04. The fourth-order valence-corrected chi connectivity index (χ4v) is 2.16. The molecule has 2 heterocycles. The molecule has 0 spiro atoms. The molecule has 1 amide bonds. The van der Waals surface area contributed by atoms with Gasteiger partial charge in [-0.1, -0.05) is 5.16 Å². The summed E-state index contributed by atoms with van der Waals surface area (Å²) in [6.45, 7) is 0.192. The van der Waals surface area contributed by atoms with Crippen molar-refractivity contribution in [1.29, 1.82) is 0 Å². The molecule has 8 nitrogen and oxygen atoms in total. The van der Waals surface area contributed by atoms with Gasteiger partial charge < -0.3 is 9.84 Å². The Balaban J connectivity index is 1.65. The van der Waals surface area contributed by atoms with Gasteiger partial charge >= 0.3 is 0 Å². The lowest BCUT2D eigenvalue weighted by Crippen LogP contribution is -2.22. The molecule has 0 unspecified atom stereocenters. The SMILES string of the molecule is CSCc1noc(CNC(=O)c2ccc3n[nH]nc3c2)n1. The number of H-pyrrole nitrogens is 1. The molecule has 0 aliphatic rings. The Bertz CT molecular complexity index is 768. The van der Waals surface area contributed by atoms with Gasteiger partial charge in [0.05, 0.1) is 12.3 Å². The number of aromatic amines is 1. The maximum atomic E-state index is 12.1. The topological polar surface area (TPSA) is 110 Å². The number of amides is 1. The average molecular weight is 304 g/mol. The fourth-order valence-electron chi connectivity index (χ4n) is 1.79. The highest BCUT2D eigenvalue weighted by atomic mass is 32.2. The highest BCUT2D eigenvalue weighted by Gasteiger charge is 2.10. The normalized spacial score (nSPS) is 10.9. The summed E-state index contributed by atoms with van der Waals surface area (Å²) >= 11 is 1.60. The summed E-state index contributed by atoms with van der Waals surface area (Å²) in [6, 6.07) is 5.09. The smallest absolute Gasteiger partial charge is 0.251 e. The number of rotatable bonds is 5. The van der Waals surface area contributed by atoms with E-state index in [0.717, 1.165) is 0 Å². The van der Waals surface area contributed by atoms with Gasteiger partial charge in [0.15, 0.2) is 5.82 Å². The van der Waals surface area contributed by atoms with Crippen LogP contribution >= 0.6 is 11.8 Å². The van der Waals surface area contributed by atoms with Crippen LogP contribution in [0.25, 0.3) is 11.0 Å². The van der Waals surface area contributed by atoms with Crippen LogP contribution in [0, 0.1) is 0 Å². The summed E-state index contributed by atoms with van der Waals surface area (Å²) in [6.07, 6.45) is 1.96. The largest absolute Gasteiger partial charge is 0.343 e. The van der Waals surface area contributed by atoms with E-state index in [1.54, 1.807) is 30.0 Å². The molecule has 2 N–H and O–H groups in total. The quantitative estimate of drug-likeness (QED) is 0.727. The van der Waals surface area contributed by atoms with Crippen LogP contribution < -0.4 is 5.32 Å². The predicted molar refractivity (Wildman–Crippen MR) is 76.6 cm³/mol. The molecule has 1 aromatic carbocycles. The predicted octanol–water partition coefficient (Wildman–Crippen LogP) is 1.13. The zero-order chi connectivity index (χ0) is 14.7. The molecule has 108 valence electrons. The fraction of sp³-hybridized carbons (Fsp3) is 0.250. The first-order valence-corrected chi connectivity index (χ1v) is 7.55. The lowest BCUT2D eigenvalue weighted by molar-refractivity contribution is 0.0946. The Morgan fingerprint density at radius 3 is 3.10 bits per heavy atom. The van der Waals surface area contributed by atoms with E-state index in [4.69, 9.17) is 4.52 Å². The zero-order valence-electron chi connectivity index (χ0n) is 11.2. The highest BCUT2D eigenvalue weighted by Crippen LogP contribution is 2.11. The van der Waals surface area contributed by atoms with E-state index >= 15 is 0 Å². The monoisotopic (exact) mass is 304 g/mol. The lowest BCUT2D eigenvalue weighted by Gasteiger charge is -2.01. The first-order chi connectivity index (χ1) is 10.3. The Kier molecular flexibility index (Phi) is 3.82. The second kappa shape index (κ2) is 5.92. The van der Waals surface area contributed by atoms with Gasteiger partial charge in [0.25, 0.3) is 5.91 Å². The maximum Gasteiger partial charge on any atom is 0.251 e. The van der Waals surface area contributed by atoms with Gasteiger partial charge in [-0.05, 0) is 24.5 Å². The van der Waals surface area contributed by atoms with E-state index in [0.29, 0.717) is 34.1 Å². The number of aromatic nitrogens is 5. The maximum absolute atomic E-state index is 12.1. The van der Waals surface area contributed by atoms with E-state index in [1.165, 1.54) is 0 Å². The molecule has 0 saturated carbocycles. The Hall–Kier alpha value is -2.42. The third-order valence-electron chi connectivity index (χ3n) is 2.76. The standard InChI is InChI=1S/C12H12N6O2S/c1-21-6-10-14-11(20-17-10)5-13-12(19)7-2-3-8-9(4-7)16-18-15-8/h2-4H,5-6H2,1H3,(H,13,19)(H,15,16,18). The Morgan fingerprint density at radius 1 is 1.38 bits per heavy atom. The Labute approximate surface area is 123 Å². The van der Waals surface area contributed by atoms with Crippen LogP contribution in [0.2, 0.25) is 0 Å². The molecule has 2 aromatic heterocycles. The first-order valence-electron chi connectivity index (χ1n) is 6.15. The van der Waals surface area contributed by atoms with Crippen molar-refractivity contribution >= 4 is 28.7 Å². The van der Waals surface area contributed by atoms with Crippen molar-refractivity contribution in [3.05, 3.63) is 35.5 Å². The van der Waals surface area contributed by atoms with Gasteiger partial charge in [-0.2, -0.15) is 32.2 Å². The molecule has 0 aliphatic carbocycles. The van der Waals surface area contributed by atoms with Gasteiger partial charge in [-0.15, -0.1) is 0 Å². The molecular weight excluding hydrogens is 292 g/mol. The molecule has 0 aliphatic heterocycles. The number of hydrogen-bond acceptors (Lipinski definition) is 7. The number of nitrogens with one attached hydrogen (secondary N) is 2. The minimum absolute atomic E-state index is 0.192. The van der Waals surface area contributed by atoms with Crippen molar-refractivity contribution in [3.8, 4) is 0 Å². The Morgan fingerprint density at radius 2 is 2.24 bits per heavy atom. The van der Waals surface area contributed by atoms with E-state index in [1.807, 2.05) is 6.26 Å².